The number of hydrogen-bond acceptors (Lipinski definition) is 5. The summed E-state index contributed by atoms with van der Waals surface area (Å²) in [6.45, 7) is 2.25. The highest BCUT2D eigenvalue weighted by Gasteiger charge is 2.37. The van der Waals surface area contributed by atoms with E-state index in [4.69, 9.17) is 19.3 Å². The maximum Gasteiger partial charge on any atom is 0.305 e. The molecule has 0 unspecified atom stereocenters. The smallest absolute Gasteiger partial charge is 0.305 e. The van der Waals surface area contributed by atoms with Gasteiger partial charge in [0, 0.05) is 13.5 Å². The number of aliphatic hydroxyl groups excluding tert-OH is 1. The van der Waals surface area contributed by atoms with Gasteiger partial charge >= 0.3 is 5.97 Å². The van der Waals surface area contributed by atoms with Gasteiger partial charge in [0.15, 0.2) is 0 Å². The Morgan fingerprint density at radius 2 is 1.73 bits per heavy atom. The molecule has 1 aliphatic rings. The van der Waals surface area contributed by atoms with Crippen LogP contribution in [0.15, 0.2) is 0 Å². The predicted molar refractivity (Wildman–Crippen MR) is 103 cm³/mol. The van der Waals surface area contributed by atoms with Crippen molar-refractivity contribution in [2.45, 2.75) is 109 Å². The van der Waals surface area contributed by atoms with Crippen LogP contribution >= 0.6 is 0 Å². The number of methoxy groups -OCH3 is 1. The highest BCUT2D eigenvalue weighted by molar-refractivity contribution is 5.69. The number of aliphatic hydroxyl groups is 1. The van der Waals surface area contributed by atoms with Crippen molar-refractivity contribution in [2.75, 3.05) is 20.3 Å². The lowest BCUT2D eigenvalue weighted by Crippen LogP contribution is -2.12. The van der Waals surface area contributed by atoms with Crippen molar-refractivity contribution in [3.05, 3.63) is 0 Å². The molecule has 1 heterocycles. The molecule has 1 saturated heterocycles. The summed E-state index contributed by atoms with van der Waals surface area (Å²) >= 11 is 0. The van der Waals surface area contributed by atoms with Gasteiger partial charge in [-0.05, 0) is 32.1 Å². The van der Waals surface area contributed by atoms with Crippen LogP contribution in [0.2, 0.25) is 0 Å². The second kappa shape index (κ2) is 15.4. The summed E-state index contributed by atoms with van der Waals surface area (Å²) in [5, 5.41) is 8.58. The molecule has 1 rings (SSSR count). The van der Waals surface area contributed by atoms with Crippen molar-refractivity contribution in [3.8, 4) is 0 Å². The monoisotopic (exact) mass is 372 g/mol. The van der Waals surface area contributed by atoms with Crippen LogP contribution in [0.3, 0.4) is 0 Å². The molecule has 0 radical (unpaired) electrons. The summed E-state index contributed by atoms with van der Waals surface area (Å²) in [6, 6.07) is 0. The van der Waals surface area contributed by atoms with Crippen molar-refractivity contribution in [3.63, 3.8) is 0 Å². The first-order valence-corrected chi connectivity index (χ1v) is 10.7. The molecule has 5 nitrogen and oxygen atoms in total. The Balaban J connectivity index is 1.89. The molecule has 1 fully saturated rings. The van der Waals surface area contributed by atoms with Gasteiger partial charge in [-0.1, -0.05) is 51.9 Å². The van der Waals surface area contributed by atoms with Gasteiger partial charge in [0.2, 0.25) is 0 Å². The zero-order valence-corrected chi connectivity index (χ0v) is 16.9. The molecule has 0 aliphatic carbocycles. The van der Waals surface area contributed by atoms with Crippen LogP contribution < -0.4 is 0 Å². The van der Waals surface area contributed by atoms with Gasteiger partial charge in [0.1, 0.15) is 6.61 Å². The Labute approximate surface area is 159 Å². The van der Waals surface area contributed by atoms with E-state index in [1.807, 2.05) is 7.11 Å². The van der Waals surface area contributed by atoms with Crippen LogP contribution in [0.25, 0.3) is 0 Å². The third-order valence-corrected chi connectivity index (χ3v) is 5.15. The minimum absolute atomic E-state index is 0.0963. The summed E-state index contributed by atoms with van der Waals surface area (Å²) in [6.07, 6.45) is 15.7. The molecule has 0 aromatic rings. The first-order valence-electron chi connectivity index (χ1n) is 10.7. The highest BCUT2D eigenvalue weighted by atomic mass is 16.6. The van der Waals surface area contributed by atoms with Gasteiger partial charge in [0.25, 0.3) is 0 Å². The van der Waals surface area contributed by atoms with E-state index in [9.17, 15) is 4.79 Å². The van der Waals surface area contributed by atoms with E-state index in [1.165, 1.54) is 38.5 Å². The van der Waals surface area contributed by atoms with Crippen molar-refractivity contribution in [1.82, 2.24) is 0 Å². The molecule has 1 N–H and O–H groups in total. The van der Waals surface area contributed by atoms with Crippen LogP contribution in [0.5, 0.6) is 0 Å². The summed E-state index contributed by atoms with van der Waals surface area (Å²) in [7, 11) is 1.83. The molecule has 3 atom stereocenters. The normalized spacial score (nSPS) is 20.1. The zero-order valence-electron chi connectivity index (χ0n) is 16.9. The topological polar surface area (TPSA) is 68.3 Å². The summed E-state index contributed by atoms with van der Waals surface area (Å²) in [5.74, 6) is -0.197. The Kier molecular flexibility index (Phi) is 13.9. The average molecular weight is 373 g/mol. The summed E-state index contributed by atoms with van der Waals surface area (Å²) < 4.78 is 16.2. The molecule has 5 heteroatoms. The first kappa shape index (κ1) is 23.4. The Hall–Kier alpha value is -0.650. The molecule has 0 aromatic heterocycles. The quantitative estimate of drug-likeness (QED) is 0.219. The summed E-state index contributed by atoms with van der Waals surface area (Å²) in [5.41, 5.74) is 0. The second-order valence-corrected chi connectivity index (χ2v) is 7.39. The van der Waals surface area contributed by atoms with Gasteiger partial charge in [-0.25, -0.2) is 0 Å². The molecule has 1 aliphatic heterocycles. The van der Waals surface area contributed by atoms with Crippen molar-refractivity contribution < 1.29 is 24.1 Å². The molecule has 0 saturated carbocycles. The molecule has 154 valence electrons. The van der Waals surface area contributed by atoms with E-state index in [2.05, 4.69) is 6.92 Å². The number of hydrogen-bond donors (Lipinski definition) is 1. The van der Waals surface area contributed by atoms with E-state index in [0.29, 0.717) is 24.7 Å². The van der Waals surface area contributed by atoms with Crippen LogP contribution in [0.4, 0.5) is 0 Å². The minimum Gasteiger partial charge on any atom is -0.463 e. The van der Waals surface area contributed by atoms with E-state index in [0.717, 1.165) is 38.5 Å². The fraction of sp³-hybridized carbons (Fsp3) is 0.952. The van der Waals surface area contributed by atoms with E-state index >= 15 is 0 Å². The summed E-state index contributed by atoms with van der Waals surface area (Å²) in [4.78, 5) is 11.3. The number of ether oxygens (including phenoxy) is 3. The highest BCUT2D eigenvalue weighted by Crippen LogP contribution is 2.32. The van der Waals surface area contributed by atoms with E-state index < -0.39 is 0 Å². The predicted octanol–water partition coefficient (Wildman–Crippen LogP) is 4.40. The largest absolute Gasteiger partial charge is 0.463 e. The molecular formula is C21H40O5. The van der Waals surface area contributed by atoms with Gasteiger partial charge in [0.05, 0.1) is 24.9 Å². The molecular weight excluding hydrogens is 332 g/mol. The number of esters is 1. The number of carbonyl (C=O) groups excluding carboxylic acids is 1. The second-order valence-electron chi connectivity index (χ2n) is 7.39. The lowest BCUT2D eigenvalue weighted by Gasteiger charge is -2.14. The van der Waals surface area contributed by atoms with Gasteiger partial charge in [-0.3, -0.25) is 4.79 Å². The third kappa shape index (κ3) is 11.9. The number of carbonyl (C=O) groups is 1. The number of epoxide rings is 1. The maximum absolute atomic E-state index is 11.3. The van der Waals surface area contributed by atoms with Crippen LogP contribution in [0.1, 0.15) is 90.4 Å². The average Bonchev–Trinajstić information content (AvgIpc) is 3.40. The maximum atomic E-state index is 11.3. The van der Waals surface area contributed by atoms with Crippen molar-refractivity contribution >= 4 is 5.97 Å². The lowest BCUT2D eigenvalue weighted by molar-refractivity contribution is -0.144. The molecule has 26 heavy (non-hydrogen) atoms. The van der Waals surface area contributed by atoms with Crippen molar-refractivity contribution in [2.24, 2.45) is 0 Å². The van der Waals surface area contributed by atoms with E-state index in [-0.39, 0.29) is 19.2 Å². The third-order valence-electron chi connectivity index (χ3n) is 5.15. The molecule has 0 bridgehead atoms. The fourth-order valence-electron chi connectivity index (χ4n) is 3.42. The lowest BCUT2D eigenvalue weighted by atomic mass is 10.0. The van der Waals surface area contributed by atoms with Gasteiger partial charge in [-0.15, -0.1) is 0 Å². The minimum atomic E-state index is -0.197. The fourth-order valence-corrected chi connectivity index (χ4v) is 3.42. The number of unbranched alkanes of at least 4 members (excludes halogenated alkanes) is 6. The molecule has 0 amide bonds. The molecule has 0 aromatic carbocycles. The zero-order chi connectivity index (χ0) is 19.0. The van der Waals surface area contributed by atoms with Crippen LogP contribution in [0, 0.1) is 0 Å². The van der Waals surface area contributed by atoms with Crippen LogP contribution in [-0.2, 0) is 19.0 Å². The van der Waals surface area contributed by atoms with E-state index in [1.54, 1.807) is 0 Å². The SMILES string of the molecule is CCCCC[C@H](CC[C@@H]1O[C@@H]1CCCCCCCC(=O)OCCO)OC. The molecule has 0 spiro atoms. The standard InChI is InChI=1S/C21H40O5/c1-3-4-8-11-18(24-2)14-15-20-19(26-20)12-9-6-5-7-10-13-21(23)25-17-16-22/h18-20,22H,3-17H2,1-2H3/t18-,19-,20+/m1/s1. The Morgan fingerprint density at radius 1 is 1.00 bits per heavy atom. The van der Waals surface area contributed by atoms with Crippen molar-refractivity contribution in [1.29, 1.82) is 0 Å². The van der Waals surface area contributed by atoms with Gasteiger partial charge in [-0.2, -0.15) is 0 Å². The Bertz CT molecular complexity index is 347. The number of rotatable bonds is 18. The Morgan fingerprint density at radius 3 is 2.46 bits per heavy atom. The van der Waals surface area contributed by atoms with Crippen LogP contribution in [-0.4, -0.2) is 49.7 Å². The van der Waals surface area contributed by atoms with Gasteiger partial charge < -0.3 is 19.3 Å². The first-order chi connectivity index (χ1) is 12.7.